The van der Waals surface area contributed by atoms with Gasteiger partial charge in [-0.15, -0.1) is 11.3 Å². The number of para-hydroxylation sites is 1. The van der Waals surface area contributed by atoms with Gasteiger partial charge in [0.1, 0.15) is 10.8 Å². The van der Waals surface area contributed by atoms with E-state index in [1.165, 1.54) is 18.2 Å². The molecule has 0 aliphatic rings. The summed E-state index contributed by atoms with van der Waals surface area (Å²) in [7, 11) is 1.86. The molecule has 0 spiro atoms. The van der Waals surface area contributed by atoms with E-state index >= 15 is 0 Å². The van der Waals surface area contributed by atoms with Crippen molar-refractivity contribution < 1.29 is 9.18 Å². The van der Waals surface area contributed by atoms with Crippen LogP contribution in [-0.2, 0) is 4.79 Å². The van der Waals surface area contributed by atoms with Gasteiger partial charge in [0.25, 0.3) is 0 Å². The predicted octanol–water partition coefficient (Wildman–Crippen LogP) is 4.72. The number of likely N-dealkylation sites (N-methyl/N-ethyl adjacent to an activating group) is 1. The van der Waals surface area contributed by atoms with Crippen LogP contribution in [0.3, 0.4) is 0 Å². The molecule has 0 radical (unpaired) electrons. The molecule has 3 aromatic rings. The number of carbonyl (C=O) groups excluding carboxylic acids is 1. The summed E-state index contributed by atoms with van der Waals surface area (Å²) in [6, 6.07) is 11.8. The number of anilines is 1. The highest BCUT2D eigenvalue weighted by Gasteiger charge is 2.19. The first-order valence-electron chi connectivity index (χ1n) is 7.74. The van der Waals surface area contributed by atoms with Gasteiger partial charge in [-0.2, -0.15) is 0 Å². The van der Waals surface area contributed by atoms with E-state index in [9.17, 15) is 9.18 Å². The smallest absolute Gasteiger partial charge is 0.238 e. The number of halogens is 2. The molecule has 7 heteroatoms. The summed E-state index contributed by atoms with van der Waals surface area (Å²) in [5.41, 5.74) is 1.36. The summed E-state index contributed by atoms with van der Waals surface area (Å²) in [5, 5.41) is 3.84. The lowest BCUT2D eigenvalue weighted by molar-refractivity contribution is -0.117. The highest BCUT2D eigenvalue weighted by Crippen LogP contribution is 2.29. The molecule has 4 nitrogen and oxygen atoms in total. The van der Waals surface area contributed by atoms with Gasteiger partial charge in [-0.25, -0.2) is 9.37 Å². The highest BCUT2D eigenvalue weighted by molar-refractivity contribution is 7.18. The average Bonchev–Trinajstić information content (AvgIpc) is 3.00. The molecule has 0 aliphatic carbocycles. The monoisotopic (exact) mass is 377 g/mol. The average molecular weight is 378 g/mol. The SMILES string of the molecule is C[C@H](c1nc2ccccc2s1)N(C)CC(=O)Nc1ccc(F)cc1Cl. The fourth-order valence-electron chi connectivity index (χ4n) is 2.40. The third-order valence-electron chi connectivity index (χ3n) is 3.93. The van der Waals surface area contributed by atoms with Crippen LogP contribution in [0.4, 0.5) is 10.1 Å². The van der Waals surface area contributed by atoms with Crippen LogP contribution in [0, 0.1) is 5.82 Å². The Bertz CT molecular complexity index is 881. The Morgan fingerprint density at radius 2 is 2.12 bits per heavy atom. The number of rotatable bonds is 5. The Kier molecular flexibility index (Phi) is 5.32. The van der Waals surface area contributed by atoms with Gasteiger partial charge >= 0.3 is 0 Å². The number of benzene rings is 2. The zero-order valence-electron chi connectivity index (χ0n) is 13.8. The summed E-state index contributed by atoms with van der Waals surface area (Å²) in [6.07, 6.45) is 0. The topological polar surface area (TPSA) is 45.2 Å². The van der Waals surface area contributed by atoms with Crippen LogP contribution in [0.25, 0.3) is 10.2 Å². The summed E-state index contributed by atoms with van der Waals surface area (Å²) in [5.74, 6) is -0.659. The van der Waals surface area contributed by atoms with Crippen molar-refractivity contribution in [2.24, 2.45) is 0 Å². The molecule has 0 bridgehead atoms. The molecule has 1 atom stereocenters. The first-order chi connectivity index (χ1) is 11.9. The zero-order valence-corrected chi connectivity index (χ0v) is 15.4. The largest absolute Gasteiger partial charge is 0.324 e. The quantitative estimate of drug-likeness (QED) is 0.699. The number of nitrogens with one attached hydrogen (secondary N) is 1. The van der Waals surface area contributed by atoms with Crippen molar-refractivity contribution in [2.45, 2.75) is 13.0 Å². The lowest BCUT2D eigenvalue weighted by Gasteiger charge is -2.22. The van der Waals surface area contributed by atoms with Gasteiger partial charge in [0.15, 0.2) is 0 Å². The van der Waals surface area contributed by atoms with Gasteiger partial charge < -0.3 is 5.32 Å². The molecule has 0 saturated carbocycles. The first kappa shape index (κ1) is 17.8. The Morgan fingerprint density at radius 3 is 2.84 bits per heavy atom. The summed E-state index contributed by atoms with van der Waals surface area (Å²) >= 11 is 7.56. The summed E-state index contributed by atoms with van der Waals surface area (Å²) < 4.78 is 14.2. The fourth-order valence-corrected chi connectivity index (χ4v) is 3.70. The Balaban J connectivity index is 1.66. The molecule has 25 heavy (non-hydrogen) atoms. The molecule has 1 aromatic heterocycles. The maximum Gasteiger partial charge on any atom is 0.238 e. The molecule has 1 heterocycles. The van der Waals surface area contributed by atoms with E-state index in [1.54, 1.807) is 11.3 Å². The van der Waals surface area contributed by atoms with E-state index in [1.807, 2.05) is 43.1 Å². The lowest BCUT2D eigenvalue weighted by atomic mass is 10.3. The third-order valence-corrected chi connectivity index (χ3v) is 5.45. The van der Waals surface area contributed by atoms with Gasteiger partial charge in [0.05, 0.1) is 33.5 Å². The van der Waals surface area contributed by atoms with Gasteiger partial charge in [-0.1, -0.05) is 23.7 Å². The second kappa shape index (κ2) is 7.47. The summed E-state index contributed by atoms with van der Waals surface area (Å²) in [4.78, 5) is 18.8. The molecule has 0 aliphatic heterocycles. The van der Waals surface area contributed by atoms with E-state index in [4.69, 9.17) is 11.6 Å². The van der Waals surface area contributed by atoms with E-state index in [2.05, 4.69) is 10.3 Å². The van der Waals surface area contributed by atoms with Crippen LogP contribution < -0.4 is 5.32 Å². The number of fused-ring (bicyclic) bond motifs is 1. The number of carbonyl (C=O) groups is 1. The predicted molar refractivity (Wildman–Crippen MR) is 101 cm³/mol. The van der Waals surface area contributed by atoms with E-state index < -0.39 is 5.82 Å². The van der Waals surface area contributed by atoms with Crippen LogP contribution in [0.1, 0.15) is 18.0 Å². The molecule has 3 rings (SSSR count). The van der Waals surface area contributed by atoms with Crippen molar-refractivity contribution in [1.29, 1.82) is 0 Å². The number of amides is 1. The molecule has 1 amide bonds. The van der Waals surface area contributed by atoms with Crippen molar-refractivity contribution in [3.05, 3.63) is 58.3 Å². The number of hydrogen-bond donors (Lipinski definition) is 1. The molecule has 0 fully saturated rings. The first-order valence-corrected chi connectivity index (χ1v) is 8.94. The fraction of sp³-hybridized carbons (Fsp3) is 0.222. The third kappa shape index (κ3) is 4.15. The molecule has 1 N–H and O–H groups in total. The molecular weight excluding hydrogens is 361 g/mol. The normalized spacial score (nSPS) is 12.5. The van der Waals surface area contributed by atoms with E-state index in [0.717, 1.165) is 15.2 Å². The molecular formula is C18H17ClFN3OS. The van der Waals surface area contributed by atoms with Gasteiger partial charge in [0, 0.05) is 0 Å². The highest BCUT2D eigenvalue weighted by atomic mass is 35.5. The van der Waals surface area contributed by atoms with Crippen LogP contribution in [-0.4, -0.2) is 29.4 Å². The standard InChI is InChI=1S/C18H17ClFN3OS/c1-11(18-22-15-5-3-4-6-16(15)25-18)23(2)10-17(24)21-14-8-7-12(20)9-13(14)19/h3-9,11H,10H2,1-2H3,(H,21,24)/t11-/m1/s1. The Morgan fingerprint density at radius 1 is 1.36 bits per heavy atom. The van der Waals surface area contributed by atoms with Crippen LogP contribution >= 0.6 is 22.9 Å². The molecule has 0 unspecified atom stereocenters. The number of thiazole rings is 1. The molecule has 130 valence electrons. The number of aromatic nitrogens is 1. The van der Waals surface area contributed by atoms with Crippen LogP contribution in [0.5, 0.6) is 0 Å². The van der Waals surface area contributed by atoms with Gasteiger partial charge in [-0.05, 0) is 44.3 Å². The minimum absolute atomic E-state index is 0.00756. The number of hydrogen-bond acceptors (Lipinski definition) is 4. The van der Waals surface area contributed by atoms with Crippen molar-refractivity contribution in [3.8, 4) is 0 Å². The van der Waals surface area contributed by atoms with E-state index in [0.29, 0.717) is 5.69 Å². The maximum atomic E-state index is 13.1. The minimum Gasteiger partial charge on any atom is -0.324 e. The lowest BCUT2D eigenvalue weighted by Crippen LogP contribution is -2.32. The second-order valence-electron chi connectivity index (χ2n) is 5.78. The van der Waals surface area contributed by atoms with Gasteiger partial charge in [0.2, 0.25) is 5.91 Å². The van der Waals surface area contributed by atoms with E-state index in [-0.39, 0.29) is 23.5 Å². The van der Waals surface area contributed by atoms with Crippen molar-refractivity contribution in [3.63, 3.8) is 0 Å². The Labute approximate surface area is 154 Å². The van der Waals surface area contributed by atoms with Crippen LogP contribution in [0.2, 0.25) is 5.02 Å². The van der Waals surface area contributed by atoms with Gasteiger partial charge in [-0.3, -0.25) is 9.69 Å². The van der Waals surface area contributed by atoms with Crippen molar-refractivity contribution in [2.75, 3.05) is 18.9 Å². The molecule has 2 aromatic carbocycles. The molecule has 0 saturated heterocycles. The zero-order chi connectivity index (χ0) is 18.0. The Hall–Kier alpha value is -2.02. The van der Waals surface area contributed by atoms with Crippen molar-refractivity contribution in [1.82, 2.24) is 9.88 Å². The summed E-state index contributed by atoms with van der Waals surface area (Å²) in [6.45, 7) is 2.18. The maximum absolute atomic E-state index is 13.1. The van der Waals surface area contributed by atoms with Crippen molar-refractivity contribution >= 4 is 44.7 Å². The van der Waals surface area contributed by atoms with Crippen LogP contribution in [0.15, 0.2) is 42.5 Å². The number of nitrogens with zero attached hydrogens (tertiary/aromatic N) is 2. The minimum atomic E-state index is -0.440. The second-order valence-corrected chi connectivity index (χ2v) is 7.25.